The number of aryl methyl sites for hydroxylation is 1. The standard InChI is InChI=1S/C29H24O6/c1-15-11-20-17(13-24(15)31)9-10-22-27(20)34-26-14-25(32)18(8-7-16(2)30)12-23(26)29(22)21-6-4-3-5-19(21)28(33)35-29/h3-6,9-14,23,26,31-32H,7-8H2,1-2H3. The second-order valence-corrected chi connectivity index (χ2v) is 9.53. The number of carbonyl (C=O) groups excluding carboxylic acids is 2. The normalized spacial score (nSPS) is 24.1. The van der Waals surface area contributed by atoms with Gasteiger partial charge in [0.25, 0.3) is 0 Å². The SMILES string of the molecule is CC(=O)CCC1=CC2C(C=C1O)Oc1c(ccc3cc(O)c(C)cc13)C21OC(=O)c2ccccc21. The molecule has 35 heavy (non-hydrogen) atoms. The fourth-order valence-corrected chi connectivity index (χ4v) is 5.61. The molecule has 0 saturated heterocycles. The maximum atomic E-state index is 13.1. The van der Waals surface area contributed by atoms with E-state index in [2.05, 4.69) is 0 Å². The molecular formula is C29H24O6. The van der Waals surface area contributed by atoms with Crippen molar-refractivity contribution in [2.75, 3.05) is 0 Å². The molecule has 6 nitrogen and oxygen atoms in total. The molecule has 0 amide bonds. The maximum absolute atomic E-state index is 13.1. The number of ketones is 1. The van der Waals surface area contributed by atoms with Crippen molar-refractivity contribution in [3.8, 4) is 11.5 Å². The van der Waals surface area contributed by atoms with Crippen molar-refractivity contribution in [1.29, 1.82) is 0 Å². The van der Waals surface area contributed by atoms with E-state index in [0.29, 0.717) is 40.9 Å². The highest BCUT2D eigenvalue weighted by Gasteiger charge is 2.59. The number of allylic oxidation sites excluding steroid dienone is 1. The Morgan fingerprint density at radius 2 is 1.86 bits per heavy atom. The lowest BCUT2D eigenvalue weighted by atomic mass is 9.68. The zero-order valence-electron chi connectivity index (χ0n) is 19.4. The molecule has 3 unspecified atom stereocenters. The average Bonchev–Trinajstić information content (AvgIpc) is 3.12. The first-order chi connectivity index (χ1) is 16.8. The molecule has 176 valence electrons. The van der Waals surface area contributed by atoms with Crippen molar-refractivity contribution in [2.24, 2.45) is 5.92 Å². The fraction of sp³-hybridized carbons (Fsp3) is 0.241. The van der Waals surface area contributed by atoms with Crippen LogP contribution < -0.4 is 4.74 Å². The number of rotatable bonds is 3. The molecule has 1 aliphatic carbocycles. The number of aliphatic hydroxyl groups excluding tert-OH is 1. The third-order valence-electron chi connectivity index (χ3n) is 7.34. The summed E-state index contributed by atoms with van der Waals surface area (Å²) in [6.07, 6.45) is 3.62. The van der Waals surface area contributed by atoms with Crippen LogP contribution in [0.25, 0.3) is 10.8 Å². The molecule has 2 N–H and O–H groups in total. The van der Waals surface area contributed by atoms with Gasteiger partial charge in [0.05, 0.1) is 11.5 Å². The van der Waals surface area contributed by atoms with Crippen molar-refractivity contribution in [3.63, 3.8) is 0 Å². The molecule has 3 aromatic carbocycles. The van der Waals surface area contributed by atoms with E-state index in [9.17, 15) is 19.8 Å². The molecule has 3 aliphatic rings. The molecule has 6 rings (SSSR count). The van der Waals surface area contributed by atoms with Crippen molar-refractivity contribution < 1.29 is 29.3 Å². The summed E-state index contributed by atoms with van der Waals surface area (Å²) in [7, 11) is 0. The first kappa shape index (κ1) is 21.5. The van der Waals surface area contributed by atoms with E-state index in [-0.39, 0.29) is 17.3 Å². The minimum atomic E-state index is -1.16. The van der Waals surface area contributed by atoms with E-state index in [1.54, 1.807) is 18.2 Å². The van der Waals surface area contributed by atoms with E-state index in [1.165, 1.54) is 6.92 Å². The topological polar surface area (TPSA) is 93.1 Å². The van der Waals surface area contributed by atoms with Gasteiger partial charge in [-0.3, -0.25) is 0 Å². The largest absolute Gasteiger partial charge is 0.508 e. The summed E-state index contributed by atoms with van der Waals surface area (Å²) in [5, 5.41) is 22.6. The smallest absolute Gasteiger partial charge is 0.339 e. The Morgan fingerprint density at radius 3 is 2.66 bits per heavy atom. The van der Waals surface area contributed by atoms with Crippen LogP contribution in [0.3, 0.4) is 0 Å². The minimum absolute atomic E-state index is 0.0310. The van der Waals surface area contributed by atoms with Gasteiger partial charge < -0.3 is 24.5 Å². The van der Waals surface area contributed by atoms with Gasteiger partial charge in [-0.2, -0.15) is 0 Å². The summed E-state index contributed by atoms with van der Waals surface area (Å²) in [6, 6.07) is 14.7. The van der Waals surface area contributed by atoms with Gasteiger partial charge in [0.15, 0.2) is 5.60 Å². The number of hydrogen-bond acceptors (Lipinski definition) is 6. The Labute approximate surface area is 202 Å². The van der Waals surface area contributed by atoms with Crippen LogP contribution in [0, 0.1) is 12.8 Å². The highest BCUT2D eigenvalue weighted by atomic mass is 16.6. The number of Topliss-reactive ketones (excluding diaryl/α,β-unsaturated/α-hetero) is 1. The third kappa shape index (κ3) is 3.02. The lowest BCUT2D eigenvalue weighted by Crippen LogP contribution is -2.49. The van der Waals surface area contributed by atoms with Gasteiger partial charge >= 0.3 is 5.97 Å². The number of phenols is 1. The quantitative estimate of drug-likeness (QED) is 0.500. The summed E-state index contributed by atoms with van der Waals surface area (Å²) in [5.74, 6) is -0.0169. The van der Waals surface area contributed by atoms with Crippen molar-refractivity contribution in [2.45, 2.75) is 38.4 Å². The number of esters is 1. The Kier molecular flexibility index (Phi) is 4.58. The molecule has 3 aromatic rings. The van der Waals surface area contributed by atoms with Gasteiger partial charge in [-0.15, -0.1) is 0 Å². The van der Waals surface area contributed by atoms with Crippen LogP contribution in [0.15, 0.2) is 72.0 Å². The van der Waals surface area contributed by atoms with E-state index in [0.717, 1.165) is 16.3 Å². The van der Waals surface area contributed by atoms with Crippen LogP contribution >= 0.6 is 0 Å². The number of fused-ring (bicyclic) bond motifs is 8. The van der Waals surface area contributed by atoms with E-state index in [1.807, 2.05) is 49.4 Å². The number of hydrogen-bond donors (Lipinski definition) is 2. The van der Waals surface area contributed by atoms with E-state index >= 15 is 0 Å². The molecule has 2 aliphatic heterocycles. The highest BCUT2D eigenvalue weighted by Crippen LogP contribution is 2.57. The summed E-state index contributed by atoms with van der Waals surface area (Å²) in [6.45, 7) is 3.34. The van der Waals surface area contributed by atoms with Crippen LogP contribution in [0.5, 0.6) is 11.5 Å². The van der Waals surface area contributed by atoms with Crippen molar-refractivity contribution in [3.05, 3.63) is 94.3 Å². The molecule has 6 heteroatoms. The lowest BCUT2D eigenvalue weighted by molar-refractivity contribution is -0.116. The maximum Gasteiger partial charge on any atom is 0.339 e. The summed E-state index contributed by atoms with van der Waals surface area (Å²) < 4.78 is 12.8. The van der Waals surface area contributed by atoms with Gasteiger partial charge in [0, 0.05) is 22.9 Å². The molecule has 0 saturated carbocycles. The van der Waals surface area contributed by atoms with Crippen LogP contribution in [0.4, 0.5) is 0 Å². The molecular weight excluding hydrogens is 444 g/mol. The van der Waals surface area contributed by atoms with Crippen LogP contribution in [0.1, 0.15) is 46.8 Å². The minimum Gasteiger partial charge on any atom is -0.508 e. The van der Waals surface area contributed by atoms with Gasteiger partial charge in [-0.25, -0.2) is 4.79 Å². The molecule has 0 radical (unpaired) electrons. The summed E-state index contributed by atoms with van der Waals surface area (Å²) in [5.41, 5.74) is 2.13. The van der Waals surface area contributed by atoms with E-state index in [4.69, 9.17) is 9.47 Å². The van der Waals surface area contributed by atoms with E-state index < -0.39 is 23.6 Å². The molecule has 2 heterocycles. The predicted molar refractivity (Wildman–Crippen MR) is 130 cm³/mol. The zero-order chi connectivity index (χ0) is 24.5. The molecule has 0 aromatic heterocycles. The predicted octanol–water partition coefficient (Wildman–Crippen LogP) is 5.40. The number of aliphatic hydroxyl groups is 1. The first-order valence-electron chi connectivity index (χ1n) is 11.7. The fourth-order valence-electron chi connectivity index (χ4n) is 5.61. The Hall–Kier alpha value is -4.06. The van der Waals surface area contributed by atoms with Crippen molar-refractivity contribution >= 4 is 22.5 Å². The summed E-state index contributed by atoms with van der Waals surface area (Å²) >= 11 is 0. The summed E-state index contributed by atoms with van der Waals surface area (Å²) in [4.78, 5) is 24.8. The van der Waals surface area contributed by atoms with Gasteiger partial charge in [-0.05, 0) is 61.1 Å². The Bertz CT molecular complexity index is 1500. The number of aromatic hydroxyl groups is 1. The highest BCUT2D eigenvalue weighted by molar-refractivity contribution is 5.98. The van der Waals surface area contributed by atoms with Crippen LogP contribution in [-0.4, -0.2) is 28.1 Å². The molecule has 3 atom stereocenters. The number of phenolic OH excluding ortho intramolecular Hbond substituents is 1. The number of ether oxygens (including phenoxy) is 2. The van der Waals surface area contributed by atoms with Crippen LogP contribution in [0.2, 0.25) is 0 Å². The first-order valence-corrected chi connectivity index (χ1v) is 11.7. The van der Waals surface area contributed by atoms with Gasteiger partial charge in [-0.1, -0.05) is 36.4 Å². The van der Waals surface area contributed by atoms with Gasteiger partial charge in [0.2, 0.25) is 0 Å². The lowest BCUT2D eigenvalue weighted by Gasteiger charge is -2.45. The second-order valence-electron chi connectivity index (χ2n) is 9.53. The van der Waals surface area contributed by atoms with Crippen molar-refractivity contribution in [1.82, 2.24) is 0 Å². The number of benzene rings is 3. The average molecular weight is 469 g/mol. The third-order valence-corrected chi connectivity index (χ3v) is 7.34. The second kappa shape index (κ2) is 7.47. The monoisotopic (exact) mass is 468 g/mol. The number of carbonyl (C=O) groups is 2. The molecule has 0 bridgehead atoms. The van der Waals surface area contributed by atoms with Crippen LogP contribution in [-0.2, 0) is 15.1 Å². The Morgan fingerprint density at radius 1 is 1.06 bits per heavy atom. The molecule has 0 fully saturated rings. The van der Waals surface area contributed by atoms with Gasteiger partial charge in [0.1, 0.15) is 29.1 Å². The Balaban J connectivity index is 1.64. The zero-order valence-corrected chi connectivity index (χ0v) is 19.4. The molecule has 1 spiro atoms.